The highest BCUT2D eigenvalue weighted by Gasteiger charge is 2.33. The third-order valence-electron chi connectivity index (χ3n) is 7.34. The van der Waals surface area contributed by atoms with Gasteiger partial charge in [0, 0.05) is 31.6 Å². The van der Waals surface area contributed by atoms with E-state index < -0.39 is 0 Å². The number of nitrogens with one attached hydrogen (secondary N) is 1. The summed E-state index contributed by atoms with van der Waals surface area (Å²) in [5, 5.41) is 12.7. The predicted octanol–water partition coefficient (Wildman–Crippen LogP) is 4.80. The average Bonchev–Trinajstić information content (AvgIpc) is 3.04. The molecule has 0 unspecified atom stereocenters. The van der Waals surface area contributed by atoms with E-state index in [0.29, 0.717) is 6.42 Å². The third-order valence-corrected chi connectivity index (χ3v) is 7.34. The van der Waals surface area contributed by atoms with Gasteiger partial charge in [-0.2, -0.15) is 5.26 Å². The van der Waals surface area contributed by atoms with Crippen LogP contribution >= 0.6 is 0 Å². The van der Waals surface area contributed by atoms with Crippen LogP contribution in [0.2, 0.25) is 0 Å². The van der Waals surface area contributed by atoms with Gasteiger partial charge in [0.15, 0.2) is 0 Å². The van der Waals surface area contributed by atoms with Gasteiger partial charge in [0.05, 0.1) is 11.6 Å². The van der Waals surface area contributed by atoms with Crippen LogP contribution in [-0.4, -0.2) is 36.0 Å². The SMILES string of the molecule is N#Cc1ccc2c(c1)CCN(CCC1(NC(=O)CCc3ccccc3)CCCCC1)CC2. The number of amides is 1. The molecule has 4 rings (SSSR count). The summed E-state index contributed by atoms with van der Waals surface area (Å²) in [5.41, 5.74) is 4.65. The Labute approximate surface area is 192 Å². The van der Waals surface area contributed by atoms with Gasteiger partial charge in [0.25, 0.3) is 0 Å². The standard InChI is InChI=1S/C28H35N3O/c29-22-24-9-11-25-13-18-31(19-14-26(25)21-24)20-17-28(15-5-2-6-16-28)30-27(32)12-10-23-7-3-1-4-8-23/h1,3-4,7-9,11,21H,2,5-6,10,12-20H2,(H,30,32). The number of nitriles is 1. The smallest absolute Gasteiger partial charge is 0.220 e. The maximum absolute atomic E-state index is 12.9. The lowest BCUT2D eigenvalue weighted by Gasteiger charge is -2.39. The average molecular weight is 430 g/mol. The molecule has 1 heterocycles. The lowest BCUT2D eigenvalue weighted by molar-refractivity contribution is -0.123. The van der Waals surface area contributed by atoms with E-state index in [-0.39, 0.29) is 11.4 Å². The molecule has 168 valence electrons. The number of nitrogens with zero attached hydrogens (tertiary/aromatic N) is 2. The Morgan fingerprint density at radius 2 is 1.75 bits per heavy atom. The number of fused-ring (bicyclic) bond motifs is 1. The predicted molar refractivity (Wildman–Crippen MR) is 128 cm³/mol. The number of rotatable bonds is 7. The van der Waals surface area contributed by atoms with Crippen LogP contribution in [-0.2, 0) is 24.1 Å². The molecular weight excluding hydrogens is 394 g/mol. The van der Waals surface area contributed by atoms with Crippen molar-refractivity contribution in [2.75, 3.05) is 19.6 Å². The quantitative estimate of drug-likeness (QED) is 0.688. The molecule has 0 aromatic heterocycles. The number of carbonyl (C=O) groups is 1. The molecule has 0 saturated heterocycles. The first-order valence-corrected chi connectivity index (χ1v) is 12.3. The Morgan fingerprint density at radius 3 is 2.50 bits per heavy atom. The van der Waals surface area contributed by atoms with Crippen LogP contribution in [0.1, 0.15) is 67.2 Å². The second-order valence-corrected chi connectivity index (χ2v) is 9.56. The van der Waals surface area contributed by atoms with Gasteiger partial charge in [-0.05, 0) is 67.3 Å². The Balaban J connectivity index is 1.32. The molecule has 1 aliphatic heterocycles. The van der Waals surface area contributed by atoms with E-state index in [1.807, 2.05) is 24.3 Å². The molecule has 4 heteroatoms. The van der Waals surface area contributed by atoms with Crippen molar-refractivity contribution in [2.24, 2.45) is 0 Å². The summed E-state index contributed by atoms with van der Waals surface area (Å²) in [6.07, 6.45) is 10.3. The van der Waals surface area contributed by atoms with Crippen molar-refractivity contribution in [2.45, 2.75) is 69.7 Å². The molecule has 2 aliphatic rings. The Kier molecular flexibility index (Phi) is 7.60. The van der Waals surface area contributed by atoms with Crippen LogP contribution in [0.5, 0.6) is 0 Å². The van der Waals surface area contributed by atoms with E-state index in [1.54, 1.807) is 0 Å². The zero-order valence-electron chi connectivity index (χ0n) is 19.1. The van der Waals surface area contributed by atoms with E-state index in [1.165, 1.54) is 36.0 Å². The number of aryl methyl sites for hydroxylation is 1. The Hall–Kier alpha value is -2.64. The van der Waals surface area contributed by atoms with Gasteiger partial charge in [-0.3, -0.25) is 4.79 Å². The molecule has 32 heavy (non-hydrogen) atoms. The molecule has 1 N–H and O–H groups in total. The van der Waals surface area contributed by atoms with Crippen molar-refractivity contribution in [3.05, 3.63) is 70.8 Å². The topological polar surface area (TPSA) is 56.1 Å². The first-order valence-electron chi connectivity index (χ1n) is 12.3. The van der Waals surface area contributed by atoms with Gasteiger partial charge >= 0.3 is 0 Å². The molecule has 0 bridgehead atoms. The summed E-state index contributed by atoms with van der Waals surface area (Å²) in [6, 6.07) is 18.7. The summed E-state index contributed by atoms with van der Waals surface area (Å²) in [5.74, 6) is 0.197. The summed E-state index contributed by atoms with van der Waals surface area (Å²) < 4.78 is 0. The minimum absolute atomic E-state index is 0.0425. The fraction of sp³-hybridized carbons (Fsp3) is 0.500. The van der Waals surface area contributed by atoms with Crippen LogP contribution in [0, 0.1) is 11.3 Å². The second kappa shape index (κ2) is 10.8. The van der Waals surface area contributed by atoms with Crippen molar-refractivity contribution in [3.8, 4) is 6.07 Å². The molecule has 0 radical (unpaired) electrons. The normalized spacial score (nSPS) is 18.2. The molecule has 2 aromatic rings. The van der Waals surface area contributed by atoms with Crippen LogP contribution in [0.15, 0.2) is 48.5 Å². The van der Waals surface area contributed by atoms with E-state index in [4.69, 9.17) is 0 Å². The summed E-state index contributed by atoms with van der Waals surface area (Å²) in [4.78, 5) is 15.4. The van der Waals surface area contributed by atoms with Gasteiger partial charge in [0.2, 0.25) is 5.91 Å². The van der Waals surface area contributed by atoms with Crippen molar-refractivity contribution in [1.29, 1.82) is 5.26 Å². The molecule has 0 atom stereocenters. The summed E-state index contributed by atoms with van der Waals surface area (Å²) in [6.45, 7) is 3.11. The highest BCUT2D eigenvalue weighted by molar-refractivity contribution is 5.77. The Morgan fingerprint density at radius 1 is 1.00 bits per heavy atom. The lowest BCUT2D eigenvalue weighted by Crippen LogP contribution is -2.51. The van der Waals surface area contributed by atoms with E-state index in [9.17, 15) is 10.1 Å². The molecule has 1 saturated carbocycles. The molecule has 1 amide bonds. The van der Waals surface area contributed by atoms with Gasteiger partial charge < -0.3 is 10.2 Å². The fourth-order valence-corrected chi connectivity index (χ4v) is 5.36. The van der Waals surface area contributed by atoms with Crippen molar-refractivity contribution < 1.29 is 4.79 Å². The summed E-state index contributed by atoms with van der Waals surface area (Å²) >= 11 is 0. The van der Waals surface area contributed by atoms with Crippen molar-refractivity contribution in [1.82, 2.24) is 10.2 Å². The highest BCUT2D eigenvalue weighted by atomic mass is 16.1. The van der Waals surface area contributed by atoms with Crippen LogP contribution < -0.4 is 5.32 Å². The van der Waals surface area contributed by atoms with Crippen molar-refractivity contribution in [3.63, 3.8) is 0 Å². The number of hydrogen-bond acceptors (Lipinski definition) is 3. The Bertz CT molecular complexity index is 941. The lowest BCUT2D eigenvalue weighted by atomic mass is 9.79. The zero-order valence-corrected chi connectivity index (χ0v) is 19.1. The third kappa shape index (κ3) is 5.99. The highest BCUT2D eigenvalue weighted by Crippen LogP contribution is 2.32. The van der Waals surface area contributed by atoms with Crippen molar-refractivity contribution >= 4 is 5.91 Å². The second-order valence-electron chi connectivity index (χ2n) is 9.56. The van der Waals surface area contributed by atoms with E-state index >= 15 is 0 Å². The number of hydrogen-bond donors (Lipinski definition) is 1. The largest absolute Gasteiger partial charge is 0.351 e. The maximum Gasteiger partial charge on any atom is 0.220 e. The minimum atomic E-state index is -0.0425. The van der Waals surface area contributed by atoms with Gasteiger partial charge in [-0.25, -0.2) is 0 Å². The van der Waals surface area contributed by atoms with Gasteiger partial charge in [0.1, 0.15) is 0 Å². The fourth-order valence-electron chi connectivity index (χ4n) is 5.36. The monoisotopic (exact) mass is 429 g/mol. The summed E-state index contributed by atoms with van der Waals surface area (Å²) in [7, 11) is 0. The molecular formula is C28H35N3O. The van der Waals surface area contributed by atoms with Gasteiger partial charge in [-0.15, -0.1) is 0 Å². The van der Waals surface area contributed by atoms with Crippen LogP contribution in [0.4, 0.5) is 0 Å². The number of carbonyl (C=O) groups excluding carboxylic acids is 1. The first kappa shape index (κ1) is 22.6. The maximum atomic E-state index is 12.9. The molecule has 0 spiro atoms. The zero-order chi connectivity index (χ0) is 22.2. The van der Waals surface area contributed by atoms with Crippen LogP contribution in [0.3, 0.4) is 0 Å². The first-order chi connectivity index (χ1) is 15.7. The number of benzene rings is 2. The molecule has 2 aromatic carbocycles. The van der Waals surface area contributed by atoms with E-state index in [0.717, 1.165) is 63.7 Å². The molecule has 1 fully saturated rings. The van der Waals surface area contributed by atoms with Gasteiger partial charge in [-0.1, -0.05) is 55.7 Å². The minimum Gasteiger partial charge on any atom is -0.351 e. The molecule has 4 nitrogen and oxygen atoms in total. The molecule has 1 aliphatic carbocycles. The van der Waals surface area contributed by atoms with E-state index in [2.05, 4.69) is 40.6 Å². The van der Waals surface area contributed by atoms with Crippen LogP contribution in [0.25, 0.3) is 0 Å².